The van der Waals surface area contributed by atoms with Crippen LogP contribution < -0.4 is 0 Å². The average molecular weight is 221 g/mol. The maximum Gasteiger partial charge on any atom is 0.339 e. The van der Waals surface area contributed by atoms with Crippen LogP contribution in [0.1, 0.15) is 10.4 Å². The first-order valence-electron chi connectivity index (χ1n) is 4.47. The van der Waals surface area contributed by atoms with E-state index in [-0.39, 0.29) is 17.0 Å². The highest BCUT2D eigenvalue weighted by molar-refractivity contribution is 5.94. The molecule has 2 rings (SSSR count). The first-order chi connectivity index (χ1) is 7.59. The minimum atomic E-state index is -1.12. The highest BCUT2D eigenvalue weighted by atomic mass is 19.1. The van der Waals surface area contributed by atoms with Gasteiger partial charge in [-0.3, -0.25) is 9.67 Å². The normalized spacial score (nSPS) is 10.4. The van der Waals surface area contributed by atoms with E-state index in [9.17, 15) is 9.18 Å². The average Bonchev–Trinajstić information content (AvgIpc) is 2.60. The van der Waals surface area contributed by atoms with E-state index in [0.717, 1.165) is 0 Å². The van der Waals surface area contributed by atoms with Gasteiger partial charge in [0.15, 0.2) is 0 Å². The number of nitrogens with zero attached hydrogens (tertiary/aromatic N) is 3. The summed E-state index contributed by atoms with van der Waals surface area (Å²) in [6, 6.07) is 2.36. The van der Waals surface area contributed by atoms with Crippen LogP contribution in [-0.2, 0) is 7.05 Å². The van der Waals surface area contributed by atoms with Crippen molar-refractivity contribution in [3.05, 3.63) is 35.9 Å². The summed E-state index contributed by atoms with van der Waals surface area (Å²) in [5, 5.41) is 12.8. The summed E-state index contributed by atoms with van der Waals surface area (Å²) in [6.07, 6.45) is 2.49. The fraction of sp³-hybridized carbons (Fsp3) is 0.100. The lowest BCUT2D eigenvalue weighted by molar-refractivity contribution is 0.0697. The summed E-state index contributed by atoms with van der Waals surface area (Å²) < 4.78 is 14.4. The number of pyridine rings is 1. The van der Waals surface area contributed by atoms with E-state index in [4.69, 9.17) is 5.11 Å². The van der Waals surface area contributed by atoms with Crippen molar-refractivity contribution >= 4 is 5.97 Å². The van der Waals surface area contributed by atoms with Crippen molar-refractivity contribution in [2.75, 3.05) is 0 Å². The third-order valence-corrected chi connectivity index (χ3v) is 2.13. The molecule has 1 N–H and O–H groups in total. The zero-order valence-electron chi connectivity index (χ0n) is 8.38. The molecule has 0 aliphatic rings. The molecule has 0 radical (unpaired) electrons. The van der Waals surface area contributed by atoms with E-state index in [1.54, 1.807) is 7.05 Å². The summed E-state index contributed by atoms with van der Waals surface area (Å²) in [5.74, 6) is -1.59. The van der Waals surface area contributed by atoms with Crippen LogP contribution in [-0.4, -0.2) is 25.8 Å². The number of hydrogen-bond acceptors (Lipinski definition) is 3. The molecule has 0 atom stereocenters. The lowest BCUT2D eigenvalue weighted by atomic mass is 10.2. The second kappa shape index (κ2) is 3.73. The molecule has 0 spiro atoms. The Morgan fingerprint density at radius 2 is 2.31 bits per heavy atom. The molecular formula is C10H8FN3O2. The molecule has 5 nitrogen and oxygen atoms in total. The molecule has 82 valence electrons. The van der Waals surface area contributed by atoms with E-state index in [1.807, 2.05) is 0 Å². The Morgan fingerprint density at radius 1 is 1.56 bits per heavy atom. The van der Waals surface area contributed by atoms with Gasteiger partial charge < -0.3 is 5.11 Å². The van der Waals surface area contributed by atoms with Gasteiger partial charge >= 0.3 is 5.97 Å². The Morgan fingerprint density at radius 3 is 2.94 bits per heavy atom. The predicted octanol–water partition coefficient (Wildman–Crippen LogP) is 1.32. The molecule has 0 fully saturated rings. The molecule has 16 heavy (non-hydrogen) atoms. The van der Waals surface area contributed by atoms with Crippen molar-refractivity contribution in [1.82, 2.24) is 14.8 Å². The van der Waals surface area contributed by atoms with Crippen LogP contribution in [0.3, 0.4) is 0 Å². The molecule has 0 saturated carbocycles. The largest absolute Gasteiger partial charge is 0.478 e. The molecule has 0 aliphatic carbocycles. The van der Waals surface area contributed by atoms with Gasteiger partial charge in [0.2, 0.25) is 0 Å². The van der Waals surface area contributed by atoms with Gasteiger partial charge in [-0.1, -0.05) is 0 Å². The van der Waals surface area contributed by atoms with Crippen LogP contribution in [0.4, 0.5) is 4.39 Å². The van der Waals surface area contributed by atoms with E-state index in [2.05, 4.69) is 10.1 Å². The van der Waals surface area contributed by atoms with Crippen LogP contribution in [0, 0.1) is 5.82 Å². The first kappa shape index (κ1) is 10.3. The number of aryl methyl sites for hydroxylation is 1. The number of carboxylic acid groups (broad SMARTS) is 1. The monoisotopic (exact) mass is 221 g/mol. The van der Waals surface area contributed by atoms with Crippen molar-refractivity contribution in [2.24, 2.45) is 7.05 Å². The maximum absolute atomic E-state index is 13.0. The Balaban J connectivity index is 2.63. The topological polar surface area (TPSA) is 68.0 Å². The summed E-state index contributed by atoms with van der Waals surface area (Å²) in [7, 11) is 1.58. The van der Waals surface area contributed by atoms with Crippen molar-refractivity contribution in [3.63, 3.8) is 0 Å². The fourth-order valence-corrected chi connectivity index (χ4v) is 1.43. The molecule has 2 aromatic rings. The van der Waals surface area contributed by atoms with Gasteiger partial charge in [0.25, 0.3) is 0 Å². The number of aromatic carboxylic acids is 1. The zero-order valence-corrected chi connectivity index (χ0v) is 8.38. The minimum absolute atomic E-state index is 0.000556. The Bertz CT molecular complexity index is 551. The second-order valence-electron chi connectivity index (χ2n) is 3.19. The number of hydrogen-bond donors (Lipinski definition) is 1. The zero-order chi connectivity index (χ0) is 11.7. The second-order valence-corrected chi connectivity index (χ2v) is 3.19. The maximum atomic E-state index is 13.0. The van der Waals surface area contributed by atoms with Crippen molar-refractivity contribution in [3.8, 4) is 11.4 Å². The molecule has 2 aromatic heterocycles. The molecule has 0 saturated heterocycles. The van der Waals surface area contributed by atoms with E-state index in [0.29, 0.717) is 0 Å². The van der Waals surface area contributed by atoms with Crippen molar-refractivity contribution in [2.45, 2.75) is 0 Å². The summed E-state index contributed by atoms with van der Waals surface area (Å²) in [6.45, 7) is 0. The quantitative estimate of drug-likeness (QED) is 0.830. The van der Waals surface area contributed by atoms with Gasteiger partial charge in [0, 0.05) is 19.3 Å². The molecule has 0 amide bonds. The molecule has 2 heterocycles. The van der Waals surface area contributed by atoms with Gasteiger partial charge in [-0.05, 0) is 6.07 Å². The lowest BCUT2D eigenvalue weighted by Crippen LogP contribution is -2.02. The van der Waals surface area contributed by atoms with Crippen LogP contribution >= 0.6 is 0 Å². The van der Waals surface area contributed by atoms with Crippen molar-refractivity contribution < 1.29 is 14.3 Å². The smallest absolute Gasteiger partial charge is 0.339 e. The number of halogens is 1. The molecule has 0 aromatic carbocycles. The highest BCUT2D eigenvalue weighted by Crippen LogP contribution is 2.21. The third kappa shape index (κ3) is 1.65. The van der Waals surface area contributed by atoms with Gasteiger partial charge in [0.05, 0.1) is 11.9 Å². The predicted molar refractivity (Wildman–Crippen MR) is 53.4 cm³/mol. The van der Waals surface area contributed by atoms with Gasteiger partial charge in [-0.2, -0.15) is 5.10 Å². The van der Waals surface area contributed by atoms with Crippen LogP contribution in [0.25, 0.3) is 11.4 Å². The lowest BCUT2D eigenvalue weighted by Gasteiger charge is -2.02. The fourth-order valence-electron chi connectivity index (χ4n) is 1.43. The van der Waals surface area contributed by atoms with Crippen molar-refractivity contribution in [1.29, 1.82) is 0 Å². The van der Waals surface area contributed by atoms with E-state index < -0.39 is 11.8 Å². The molecule has 0 unspecified atom stereocenters. The molecule has 6 heteroatoms. The van der Waals surface area contributed by atoms with Gasteiger partial charge in [-0.15, -0.1) is 0 Å². The minimum Gasteiger partial charge on any atom is -0.478 e. The molecule has 0 aliphatic heterocycles. The Labute approximate surface area is 90.2 Å². The van der Waals surface area contributed by atoms with Crippen LogP contribution in [0.2, 0.25) is 0 Å². The van der Waals surface area contributed by atoms with Gasteiger partial charge in [-0.25, -0.2) is 9.18 Å². The number of carbonyl (C=O) groups is 1. The van der Waals surface area contributed by atoms with Crippen LogP contribution in [0.5, 0.6) is 0 Å². The standard InChI is InChI=1S/C10H8FN3O2/c1-14-9(7(5-13-14)10(15)16)8-4-6(11)2-3-12-8/h2-5H,1H3,(H,15,16). The first-order valence-corrected chi connectivity index (χ1v) is 4.47. The number of carboxylic acids is 1. The Kier molecular flexibility index (Phi) is 2.40. The van der Waals surface area contributed by atoms with E-state index >= 15 is 0 Å². The van der Waals surface area contributed by atoms with Gasteiger partial charge in [0.1, 0.15) is 17.1 Å². The highest BCUT2D eigenvalue weighted by Gasteiger charge is 2.17. The number of aromatic nitrogens is 3. The summed E-state index contributed by atoms with van der Waals surface area (Å²) in [4.78, 5) is 14.8. The van der Waals surface area contributed by atoms with E-state index in [1.165, 1.54) is 29.2 Å². The molecular weight excluding hydrogens is 213 g/mol. The SMILES string of the molecule is Cn1ncc(C(=O)O)c1-c1cc(F)ccn1. The number of rotatable bonds is 2. The summed E-state index contributed by atoms with van der Waals surface area (Å²) in [5.41, 5.74) is 0.532. The summed E-state index contributed by atoms with van der Waals surface area (Å²) >= 11 is 0. The van der Waals surface area contributed by atoms with Crippen LogP contribution in [0.15, 0.2) is 24.5 Å². The third-order valence-electron chi connectivity index (χ3n) is 2.13. The Hall–Kier alpha value is -2.24. The molecule has 0 bridgehead atoms.